The predicted molar refractivity (Wildman–Crippen MR) is 88.7 cm³/mol. The van der Waals surface area contributed by atoms with Gasteiger partial charge in [0.05, 0.1) is 5.69 Å². The normalized spacial score (nSPS) is 18.2. The van der Waals surface area contributed by atoms with Crippen molar-refractivity contribution < 1.29 is 13.6 Å². The van der Waals surface area contributed by atoms with Crippen LogP contribution in [0.15, 0.2) is 18.5 Å². The molecule has 0 radical (unpaired) electrons. The Morgan fingerprint density at radius 3 is 2.62 bits per heavy atom. The van der Waals surface area contributed by atoms with Gasteiger partial charge in [0.1, 0.15) is 5.65 Å². The Bertz CT molecular complexity index is 757. The molecule has 2 heterocycles. The molecular formula is C18H23F2N3O. The standard InChI is InChI=1S/C18H23F2N3O/c1-11(2)15-10-23-9-12(3)14(8-16(23)22-15)17(24)21-13-4-6-18(19,20)7-5-13/h8-11,13H,4-7H2,1-3H3,(H,21,24). The van der Waals surface area contributed by atoms with Crippen molar-refractivity contribution in [2.75, 3.05) is 0 Å². The number of carbonyl (C=O) groups excluding carboxylic acids is 1. The lowest BCUT2D eigenvalue weighted by Gasteiger charge is -2.28. The summed E-state index contributed by atoms with van der Waals surface area (Å²) in [4.78, 5) is 17.1. The molecule has 0 aliphatic heterocycles. The van der Waals surface area contributed by atoms with Crippen molar-refractivity contribution in [3.8, 4) is 0 Å². The van der Waals surface area contributed by atoms with Gasteiger partial charge < -0.3 is 9.72 Å². The van der Waals surface area contributed by atoms with Crippen LogP contribution < -0.4 is 5.32 Å². The van der Waals surface area contributed by atoms with Crippen molar-refractivity contribution in [2.24, 2.45) is 0 Å². The maximum Gasteiger partial charge on any atom is 0.251 e. The van der Waals surface area contributed by atoms with Crippen LogP contribution in [-0.4, -0.2) is 27.3 Å². The number of aryl methyl sites for hydroxylation is 1. The summed E-state index contributed by atoms with van der Waals surface area (Å²) in [7, 11) is 0. The number of halogens is 2. The lowest BCUT2D eigenvalue weighted by Crippen LogP contribution is -2.40. The highest BCUT2D eigenvalue weighted by molar-refractivity contribution is 5.96. The van der Waals surface area contributed by atoms with Gasteiger partial charge in [-0.1, -0.05) is 13.8 Å². The molecule has 3 rings (SSSR count). The van der Waals surface area contributed by atoms with Gasteiger partial charge in [-0.3, -0.25) is 4.79 Å². The van der Waals surface area contributed by atoms with Crippen LogP contribution in [0.4, 0.5) is 8.78 Å². The molecule has 0 unspecified atom stereocenters. The number of aromatic nitrogens is 2. The Morgan fingerprint density at radius 1 is 1.33 bits per heavy atom. The minimum atomic E-state index is -2.58. The maximum atomic E-state index is 13.2. The van der Waals surface area contributed by atoms with E-state index in [9.17, 15) is 13.6 Å². The summed E-state index contributed by atoms with van der Waals surface area (Å²) in [5.41, 5.74) is 3.10. The Hall–Kier alpha value is -1.98. The average Bonchev–Trinajstić information content (AvgIpc) is 2.91. The first-order chi connectivity index (χ1) is 11.2. The monoisotopic (exact) mass is 335 g/mol. The van der Waals surface area contributed by atoms with Crippen LogP contribution >= 0.6 is 0 Å². The van der Waals surface area contributed by atoms with Crippen molar-refractivity contribution in [1.82, 2.24) is 14.7 Å². The molecule has 2 aromatic rings. The number of imidazole rings is 1. The second-order valence-electron chi connectivity index (χ2n) is 7.06. The van der Waals surface area contributed by atoms with Crippen molar-refractivity contribution in [2.45, 2.75) is 64.3 Å². The number of hydrogen-bond donors (Lipinski definition) is 1. The number of pyridine rings is 1. The summed E-state index contributed by atoms with van der Waals surface area (Å²) < 4.78 is 28.4. The van der Waals surface area contributed by atoms with Crippen LogP contribution in [0.5, 0.6) is 0 Å². The highest BCUT2D eigenvalue weighted by atomic mass is 19.3. The Kier molecular flexibility index (Phi) is 4.32. The molecule has 0 aromatic carbocycles. The first kappa shape index (κ1) is 16.9. The van der Waals surface area contributed by atoms with Crippen LogP contribution in [0.25, 0.3) is 5.65 Å². The Labute approximate surface area is 140 Å². The molecule has 1 aliphatic carbocycles. The lowest BCUT2D eigenvalue weighted by molar-refractivity contribution is -0.0399. The fourth-order valence-electron chi connectivity index (χ4n) is 3.13. The Balaban J connectivity index is 1.78. The van der Waals surface area contributed by atoms with E-state index in [0.29, 0.717) is 24.3 Å². The van der Waals surface area contributed by atoms with Gasteiger partial charge in [0.2, 0.25) is 5.92 Å². The van der Waals surface area contributed by atoms with Crippen LogP contribution in [0.3, 0.4) is 0 Å². The van der Waals surface area contributed by atoms with Crippen molar-refractivity contribution in [1.29, 1.82) is 0 Å². The largest absolute Gasteiger partial charge is 0.349 e. The molecule has 0 saturated heterocycles. The van der Waals surface area contributed by atoms with Crippen molar-refractivity contribution in [3.05, 3.63) is 35.3 Å². The summed E-state index contributed by atoms with van der Waals surface area (Å²) in [6.45, 7) is 6.01. The van der Waals surface area contributed by atoms with E-state index in [1.54, 1.807) is 6.07 Å². The van der Waals surface area contributed by atoms with Crippen LogP contribution in [0, 0.1) is 6.92 Å². The summed E-state index contributed by atoms with van der Waals surface area (Å²) >= 11 is 0. The quantitative estimate of drug-likeness (QED) is 0.919. The third kappa shape index (κ3) is 3.42. The minimum absolute atomic E-state index is 0.159. The molecular weight excluding hydrogens is 312 g/mol. The highest BCUT2D eigenvalue weighted by Gasteiger charge is 2.35. The Morgan fingerprint density at radius 2 is 2.00 bits per heavy atom. The van der Waals surface area contributed by atoms with Gasteiger partial charge in [0.15, 0.2) is 0 Å². The number of nitrogens with zero attached hydrogens (tertiary/aromatic N) is 2. The smallest absolute Gasteiger partial charge is 0.251 e. The summed E-state index contributed by atoms with van der Waals surface area (Å²) in [5, 5.41) is 2.90. The van der Waals surface area contributed by atoms with Gasteiger partial charge in [-0.2, -0.15) is 0 Å². The predicted octanol–water partition coefficient (Wildman–Crippen LogP) is 4.07. The van der Waals surface area contributed by atoms with E-state index >= 15 is 0 Å². The number of rotatable bonds is 3. The van der Waals surface area contributed by atoms with Gasteiger partial charge in [0.25, 0.3) is 5.91 Å². The van der Waals surface area contributed by atoms with Gasteiger partial charge in [0, 0.05) is 36.8 Å². The molecule has 0 spiro atoms. The first-order valence-corrected chi connectivity index (χ1v) is 8.43. The van der Waals surface area contributed by atoms with Crippen LogP contribution in [-0.2, 0) is 0 Å². The molecule has 6 heteroatoms. The van der Waals surface area contributed by atoms with E-state index in [0.717, 1.165) is 16.9 Å². The molecule has 24 heavy (non-hydrogen) atoms. The SMILES string of the molecule is Cc1cn2cc(C(C)C)nc2cc1C(=O)NC1CCC(F)(F)CC1. The van der Waals surface area contributed by atoms with E-state index < -0.39 is 5.92 Å². The molecule has 1 N–H and O–H groups in total. The van der Waals surface area contributed by atoms with Gasteiger partial charge >= 0.3 is 0 Å². The highest BCUT2D eigenvalue weighted by Crippen LogP contribution is 2.33. The molecule has 1 saturated carbocycles. The van der Waals surface area contributed by atoms with E-state index in [4.69, 9.17) is 0 Å². The zero-order chi connectivity index (χ0) is 17.5. The van der Waals surface area contributed by atoms with Crippen LogP contribution in [0.2, 0.25) is 0 Å². The fourth-order valence-corrected chi connectivity index (χ4v) is 3.13. The minimum Gasteiger partial charge on any atom is -0.349 e. The molecule has 0 bridgehead atoms. The van der Waals surface area contributed by atoms with Gasteiger partial charge in [-0.25, -0.2) is 13.8 Å². The second-order valence-corrected chi connectivity index (χ2v) is 7.06. The summed E-state index contributed by atoms with van der Waals surface area (Å²) in [5.74, 6) is -2.48. The molecule has 1 aliphatic rings. The number of nitrogens with one attached hydrogen (secondary N) is 1. The zero-order valence-electron chi connectivity index (χ0n) is 14.3. The fraction of sp³-hybridized carbons (Fsp3) is 0.556. The van der Waals surface area contributed by atoms with E-state index in [2.05, 4.69) is 24.1 Å². The summed E-state index contributed by atoms with van der Waals surface area (Å²) in [6, 6.07) is 1.59. The van der Waals surface area contributed by atoms with Crippen LogP contribution in [0.1, 0.15) is 67.1 Å². The zero-order valence-corrected chi connectivity index (χ0v) is 14.3. The maximum absolute atomic E-state index is 13.2. The summed E-state index contributed by atoms with van der Waals surface area (Å²) in [6.07, 6.45) is 4.18. The third-order valence-electron chi connectivity index (χ3n) is 4.70. The second kappa shape index (κ2) is 6.15. The van der Waals surface area contributed by atoms with Crippen molar-refractivity contribution in [3.63, 3.8) is 0 Å². The molecule has 1 fully saturated rings. The number of carbonyl (C=O) groups is 1. The first-order valence-electron chi connectivity index (χ1n) is 8.43. The number of amides is 1. The number of hydrogen-bond acceptors (Lipinski definition) is 2. The van der Waals surface area contributed by atoms with E-state index in [1.807, 2.05) is 23.7 Å². The van der Waals surface area contributed by atoms with E-state index in [-0.39, 0.29) is 24.8 Å². The third-order valence-corrected chi connectivity index (χ3v) is 4.70. The molecule has 0 atom stereocenters. The number of alkyl halides is 2. The molecule has 4 nitrogen and oxygen atoms in total. The average molecular weight is 335 g/mol. The molecule has 2 aromatic heterocycles. The van der Waals surface area contributed by atoms with Gasteiger partial charge in [-0.05, 0) is 37.3 Å². The van der Waals surface area contributed by atoms with Gasteiger partial charge in [-0.15, -0.1) is 0 Å². The van der Waals surface area contributed by atoms with Crippen molar-refractivity contribution >= 4 is 11.6 Å². The van der Waals surface area contributed by atoms with E-state index in [1.165, 1.54) is 0 Å². The lowest BCUT2D eigenvalue weighted by atomic mass is 9.92. The molecule has 130 valence electrons. The number of fused-ring (bicyclic) bond motifs is 1. The molecule has 1 amide bonds. The topological polar surface area (TPSA) is 46.4 Å².